The van der Waals surface area contributed by atoms with Crippen molar-refractivity contribution in [3.63, 3.8) is 0 Å². The molecule has 0 saturated carbocycles. The van der Waals surface area contributed by atoms with E-state index in [0.717, 1.165) is 12.0 Å². The highest BCUT2D eigenvalue weighted by Gasteiger charge is 2.23. The van der Waals surface area contributed by atoms with Gasteiger partial charge in [-0.3, -0.25) is 9.83 Å². The van der Waals surface area contributed by atoms with Crippen molar-refractivity contribution in [1.29, 1.82) is 0 Å². The van der Waals surface area contributed by atoms with Gasteiger partial charge >= 0.3 is 0 Å². The summed E-state index contributed by atoms with van der Waals surface area (Å²) in [5, 5.41) is 8.80. The smallest absolute Gasteiger partial charge is 0.160 e. The van der Waals surface area contributed by atoms with Crippen LogP contribution in [0.1, 0.15) is 27.9 Å². The molecular weight excluding hydrogens is 400 g/mol. The highest BCUT2D eigenvalue weighted by atomic mass is 35.5. The number of halogens is 1. The van der Waals surface area contributed by atoms with Gasteiger partial charge in [0.05, 0.1) is 30.1 Å². The third kappa shape index (κ3) is 4.61. The molecule has 1 atom stereocenters. The van der Waals surface area contributed by atoms with E-state index in [0.29, 0.717) is 34.7 Å². The van der Waals surface area contributed by atoms with Gasteiger partial charge in [0.2, 0.25) is 0 Å². The Kier molecular flexibility index (Phi) is 5.97. The first-order chi connectivity index (χ1) is 14.5. The van der Waals surface area contributed by atoms with Crippen molar-refractivity contribution in [3.8, 4) is 11.5 Å². The summed E-state index contributed by atoms with van der Waals surface area (Å²) >= 11 is 6.08. The molecule has 0 fully saturated rings. The summed E-state index contributed by atoms with van der Waals surface area (Å²) in [6.45, 7) is 6.59. The minimum atomic E-state index is -0.0186. The first-order valence-corrected chi connectivity index (χ1v) is 10.1. The van der Waals surface area contributed by atoms with Crippen molar-refractivity contribution >= 4 is 17.4 Å². The Balaban J connectivity index is 1.63. The van der Waals surface area contributed by atoms with Gasteiger partial charge in [0, 0.05) is 5.02 Å². The maximum absolute atomic E-state index is 6.08. The number of rotatable bonds is 5. The van der Waals surface area contributed by atoms with Crippen LogP contribution in [-0.2, 0) is 11.3 Å². The zero-order chi connectivity index (χ0) is 21.1. The molecule has 1 aliphatic rings. The van der Waals surface area contributed by atoms with Crippen LogP contribution in [0.2, 0.25) is 5.02 Å². The molecule has 0 spiro atoms. The average Bonchev–Trinajstić information content (AvgIpc) is 2.71. The van der Waals surface area contributed by atoms with Crippen molar-refractivity contribution in [2.75, 3.05) is 6.61 Å². The molecule has 2 heterocycles. The molecule has 1 unspecified atom stereocenters. The number of nitrogens with one attached hydrogen (secondary N) is 1. The van der Waals surface area contributed by atoms with E-state index >= 15 is 0 Å². The van der Waals surface area contributed by atoms with E-state index in [-0.39, 0.29) is 6.04 Å². The molecule has 3 aromatic rings. The zero-order valence-electron chi connectivity index (χ0n) is 17.1. The summed E-state index contributed by atoms with van der Waals surface area (Å²) in [6, 6.07) is 13.7. The number of hydrogen-bond acceptors (Lipinski definition) is 6. The minimum Gasteiger partial charge on any atom is -0.455 e. The van der Waals surface area contributed by atoms with E-state index in [1.165, 1.54) is 16.7 Å². The predicted molar refractivity (Wildman–Crippen MR) is 117 cm³/mol. The van der Waals surface area contributed by atoms with Gasteiger partial charge in [-0.15, -0.1) is 0 Å². The Morgan fingerprint density at radius 2 is 2.00 bits per heavy atom. The summed E-state index contributed by atoms with van der Waals surface area (Å²) in [4.78, 5) is 10.5. The lowest BCUT2D eigenvalue weighted by atomic mass is 10.0. The van der Waals surface area contributed by atoms with Crippen molar-refractivity contribution in [2.45, 2.75) is 33.2 Å². The number of hydrogen-bond donors (Lipinski definition) is 1. The maximum atomic E-state index is 6.08. The zero-order valence-corrected chi connectivity index (χ0v) is 17.9. The van der Waals surface area contributed by atoms with Gasteiger partial charge in [-0.2, -0.15) is 10.2 Å². The molecule has 30 heavy (non-hydrogen) atoms. The minimum absolute atomic E-state index is 0.0186. The lowest BCUT2D eigenvalue weighted by Crippen LogP contribution is -2.37. The lowest BCUT2D eigenvalue weighted by Gasteiger charge is -2.23. The Morgan fingerprint density at radius 1 is 1.13 bits per heavy atom. The number of aliphatic imine (C=N–C) groups is 1. The first-order valence-electron chi connectivity index (χ1n) is 9.77. The number of ether oxygens (including phenoxy) is 1. The second-order valence-electron chi connectivity index (χ2n) is 7.40. The normalized spacial score (nSPS) is 16.0. The van der Waals surface area contributed by atoms with Crippen LogP contribution in [-0.4, -0.2) is 28.7 Å². The van der Waals surface area contributed by atoms with Crippen LogP contribution >= 0.6 is 11.6 Å². The average molecular weight is 423 g/mol. The second-order valence-corrected chi connectivity index (χ2v) is 7.83. The van der Waals surface area contributed by atoms with E-state index < -0.39 is 0 Å². The molecule has 0 radical (unpaired) electrons. The number of benzene rings is 2. The van der Waals surface area contributed by atoms with E-state index in [9.17, 15) is 0 Å². The van der Waals surface area contributed by atoms with Crippen LogP contribution < -0.4 is 10.2 Å². The molecule has 6 nitrogen and oxygen atoms in total. The summed E-state index contributed by atoms with van der Waals surface area (Å²) in [5.41, 5.74) is 8.13. The summed E-state index contributed by atoms with van der Waals surface area (Å²) < 4.78 is 6.04. The lowest BCUT2D eigenvalue weighted by molar-refractivity contribution is 0.0623. The fourth-order valence-corrected chi connectivity index (χ4v) is 3.54. The molecule has 0 amide bonds. The second kappa shape index (κ2) is 8.81. The Labute approximate surface area is 180 Å². The summed E-state index contributed by atoms with van der Waals surface area (Å²) in [7, 11) is 0. The van der Waals surface area contributed by atoms with Gasteiger partial charge in [0.25, 0.3) is 0 Å². The number of nitrogens with zero attached hydrogens (tertiary/aromatic N) is 3. The van der Waals surface area contributed by atoms with E-state index in [1.54, 1.807) is 18.3 Å². The number of aryl methyl sites for hydroxylation is 3. The van der Waals surface area contributed by atoms with Crippen molar-refractivity contribution in [3.05, 3.63) is 81.6 Å². The van der Waals surface area contributed by atoms with E-state index in [2.05, 4.69) is 47.7 Å². The molecule has 1 aliphatic heterocycles. The van der Waals surface area contributed by atoms with Gasteiger partial charge in [0.1, 0.15) is 5.75 Å². The van der Waals surface area contributed by atoms with Gasteiger partial charge < -0.3 is 4.74 Å². The van der Waals surface area contributed by atoms with Crippen molar-refractivity contribution in [1.82, 2.24) is 15.7 Å². The van der Waals surface area contributed by atoms with Crippen LogP contribution in [0.4, 0.5) is 0 Å². The Morgan fingerprint density at radius 3 is 2.80 bits per heavy atom. The largest absolute Gasteiger partial charge is 0.455 e. The topological polar surface area (TPSA) is 68.6 Å². The standard InChI is InChI=1S/C23H23ClN4O2/c1-14-7-8-17(9-15(14)2)10-19-13-29-28-23(26-19)22-16(3)27-25-12-21(22)30-20-6-4-5-18(24)11-20/h4-9,11-12,19H,10,13H2,1-3H3,(H,26,28). The molecule has 0 saturated heterocycles. The first kappa shape index (κ1) is 20.3. The van der Waals surface area contributed by atoms with Crippen molar-refractivity contribution < 1.29 is 9.57 Å². The number of amidine groups is 1. The molecule has 0 aliphatic carbocycles. The van der Waals surface area contributed by atoms with Crippen LogP contribution in [0, 0.1) is 20.8 Å². The van der Waals surface area contributed by atoms with E-state index in [4.69, 9.17) is 26.2 Å². The fraction of sp³-hybridized carbons (Fsp3) is 0.261. The fourth-order valence-electron chi connectivity index (χ4n) is 3.36. The molecule has 154 valence electrons. The molecule has 7 heteroatoms. The van der Waals surface area contributed by atoms with Crippen LogP contribution in [0.5, 0.6) is 11.5 Å². The third-order valence-electron chi connectivity index (χ3n) is 5.05. The molecule has 0 bridgehead atoms. The summed E-state index contributed by atoms with van der Waals surface area (Å²) in [5.74, 6) is 1.73. The predicted octanol–water partition coefficient (Wildman–Crippen LogP) is 4.74. The highest BCUT2D eigenvalue weighted by molar-refractivity contribution is 6.30. The van der Waals surface area contributed by atoms with Crippen LogP contribution in [0.25, 0.3) is 0 Å². The van der Waals surface area contributed by atoms with Crippen LogP contribution in [0.3, 0.4) is 0 Å². The number of hydroxylamine groups is 1. The molecule has 1 N–H and O–H groups in total. The van der Waals surface area contributed by atoms with Gasteiger partial charge in [0.15, 0.2) is 11.6 Å². The molecule has 4 rings (SSSR count). The Bertz CT molecular complexity index is 1100. The summed E-state index contributed by atoms with van der Waals surface area (Å²) in [6.07, 6.45) is 2.36. The number of aromatic nitrogens is 2. The maximum Gasteiger partial charge on any atom is 0.160 e. The molecule has 1 aromatic heterocycles. The highest BCUT2D eigenvalue weighted by Crippen LogP contribution is 2.28. The van der Waals surface area contributed by atoms with Gasteiger partial charge in [-0.05, 0) is 62.1 Å². The Hall–Kier alpha value is -2.96. The SMILES string of the molecule is Cc1ccc(CC2CONC(c3c(Oc4cccc(Cl)c4)cnnc3C)=N2)cc1C. The van der Waals surface area contributed by atoms with Gasteiger partial charge in [-0.25, -0.2) is 5.48 Å². The molecule has 2 aromatic carbocycles. The van der Waals surface area contributed by atoms with E-state index in [1.807, 2.05) is 19.1 Å². The van der Waals surface area contributed by atoms with Crippen LogP contribution in [0.15, 0.2) is 53.7 Å². The third-order valence-corrected chi connectivity index (χ3v) is 5.29. The van der Waals surface area contributed by atoms with Gasteiger partial charge in [-0.1, -0.05) is 35.9 Å². The monoisotopic (exact) mass is 422 g/mol. The quantitative estimate of drug-likeness (QED) is 0.643. The molecular formula is C23H23ClN4O2. The van der Waals surface area contributed by atoms with Crippen molar-refractivity contribution in [2.24, 2.45) is 4.99 Å².